The zero-order valence-electron chi connectivity index (χ0n) is 7.53. The van der Waals surface area contributed by atoms with E-state index in [0.717, 1.165) is 12.2 Å². The monoisotopic (exact) mass is 197 g/mol. The maximum Gasteiger partial charge on any atom is 0.123 e. The number of hydrogen-bond acceptors (Lipinski definition) is 2. The normalized spacial score (nSPS) is 22.3. The number of hydrogen-bond donors (Lipinski definition) is 0. The van der Waals surface area contributed by atoms with E-state index in [0.29, 0.717) is 5.37 Å². The summed E-state index contributed by atoms with van der Waals surface area (Å²) in [5, 5.41) is 0.519. The highest BCUT2D eigenvalue weighted by molar-refractivity contribution is 8.00. The van der Waals surface area contributed by atoms with E-state index in [1.54, 1.807) is 0 Å². The lowest BCUT2D eigenvalue weighted by atomic mass is 10.3. The van der Waals surface area contributed by atoms with Gasteiger partial charge in [0.2, 0.25) is 0 Å². The second-order valence-corrected chi connectivity index (χ2v) is 4.56. The van der Waals surface area contributed by atoms with Crippen molar-refractivity contribution in [3.8, 4) is 0 Å². The molecule has 2 rings (SSSR count). The number of anilines is 1. The second-order valence-electron chi connectivity index (χ2n) is 3.14. The topological polar surface area (TPSA) is 3.24 Å². The number of rotatable bonds is 1. The number of nitrogens with zero attached hydrogens (tertiary/aromatic N) is 1. The Morgan fingerprint density at radius 3 is 2.62 bits per heavy atom. The van der Waals surface area contributed by atoms with Gasteiger partial charge in [0.25, 0.3) is 0 Å². The zero-order chi connectivity index (χ0) is 9.26. The van der Waals surface area contributed by atoms with Crippen LogP contribution >= 0.6 is 11.8 Å². The van der Waals surface area contributed by atoms with Gasteiger partial charge in [0, 0.05) is 18.0 Å². The molecule has 0 radical (unpaired) electrons. The molecule has 1 aliphatic rings. The SMILES string of the molecule is CC1SCCN1c1ccc(F)cc1. The first-order valence-electron chi connectivity index (χ1n) is 4.41. The maximum atomic E-state index is 12.6. The average molecular weight is 197 g/mol. The summed E-state index contributed by atoms with van der Waals surface area (Å²) in [5.74, 6) is 1.00. The van der Waals surface area contributed by atoms with Crippen LogP contribution in [0, 0.1) is 5.82 Å². The summed E-state index contributed by atoms with van der Waals surface area (Å²) >= 11 is 1.94. The predicted molar refractivity (Wildman–Crippen MR) is 55.7 cm³/mol. The van der Waals surface area contributed by atoms with Crippen LogP contribution in [0.5, 0.6) is 0 Å². The number of thioether (sulfide) groups is 1. The Balaban J connectivity index is 2.20. The van der Waals surface area contributed by atoms with Gasteiger partial charge in [-0.2, -0.15) is 0 Å². The number of benzene rings is 1. The molecule has 70 valence electrons. The van der Waals surface area contributed by atoms with Gasteiger partial charge in [0.05, 0.1) is 5.37 Å². The predicted octanol–water partition coefficient (Wildman–Crippen LogP) is 2.72. The lowest BCUT2D eigenvalue weighted by Crippen LogP contribution is -2.25. The lowest BCUT2D eigenvalue weighted by molar-refractivity contribution is 0.627. The maximum absolute atomic E-state index is 12.6. The van der Waals surface area contributed by atoms with Crippen LogP contribution in [-0.4, -0.2) is 17.7 Å². The van der Waals surface area contributed by atoms with Crippen LogP contribution in [0.2, 0.25) is 0 Å². The molecule has 3 heteroatoms. The molecule has 0 aliphatic carbocycles. The van der Waals surface area contributed by atoms with Crippen LogP contribution in [0.4, 0.5) is 10.1 Å². The van der Waals surface area contributed by atoms with Crippen molar-refractivity contribution in [2.24, 2.45) is 0 Å². The Morgan fingerprint density at radius 1 is 1.38 bits per heavy atom. The van der Waals surface area contributed by atoms with Crippen LogP contribution in [0.15, 0.2) is 24.3 Å². The zero-order valence-corrected chi connectivity index (χ0v) is 8.35. The first kappa shape index (κ1) is 8.88. The van der Waals surface area contributed by atoms with Gasteiger partial charge in [-0.25, -0.2) is 4.39 Å². The van der Waals surface area contributed by atoms with Crippen LogP contribution in [-0.2, 0) is 0 Å². The van der Waals surface area contributed by atoms with Gasteiger partial charge in [-0.15, -0.1) is 11.8 Å². The van der Waals surface area contributed by atoms with E-state index in [1.165, 1.54) is 17.9 Å². The van der Waals surface area contributed by atoms with Gasteiger partial charge in [0.1, 0.15) is 5.82 Å². The molecule has 1 aromatic carbocycles. The molecule has 0 amide bonds. The van der Waals surface area contributed by atoms with E-state index in [1.807, 2.05) is 23.9 Å². The quantitative estimate of drug-likeness (QED) is 0.681. The molecule has 1 nitrogen and oxygen atoms in total. The molecule has 1 fully saturated rings. The molecule has 0 spiro atoms. The molecule has 1 aliphatic heterocycles. The van der Waals surface area contributed by atoms with Gasteiger partial charge < -0.3 is 4.90 Å². The van der Waals surface area contributed by atoms with E-state index in [2.05, 4.69) is 11.8 Å². The molecule has 0 bridgehead atoms. The molecular formula is C10H12FNS. The second kappa shape index (κ2) is 3.58. The third-order valence-corrected chi connectivity index (χ3v) is 3.44. The molecular weight excluding hydrogens is 185 g/mol. The van der Waals surface area contributed by atoms with Crippen molar-refractivity contribution >= 4 is 17.4 Å². The van der Waals surface area contributed by atoms with Crippen LogP contribution in [0.1, 0.15) is 6.92 Å². The Morgan fingerprint density at radius 2 is 2.08 bits per heavy atom. The lowest BCUT2D eigenvalue weighted by Gasteiger charge is -2.22. The highest BCUT2D eigenvalue weighted by Crippen LogP contribution is 2.28. The minimum absolute atomic E-state index is 0.164. The molecule has 0 aromatic heterocycles. The molecule has 0 N–H and O–H groups in total. The summed E-state index contributed by atoms with van der Waals surface area (Å²) in [6, 6.07) is 6.73. The smallest absolute Gasteiger partial charge is 0.123 e. The Bertz CT molecular complexity index is 285. The van der Waals surface area contributed by atoms with E-state index in [4.69, 9.17) is 0 Å². The van der Waals surface area contributed by atoms with Crippen molar-refractivity contribution in [2.45, 2.75) is 12.3 Å². The highest BCUT2D eigenvalue weighted by atomic mass is 32.2. The van der Waals surface area contributed by atoms with Gasteiger partial charge in [0.15, 0.2) is 0 Å². The fraction of sp³-hybridized carbons (Fsp3) is 0.400. The molecule has 1 aromatic rings. The molecule has 0 saturated carbocycles. The highest BCUT2D eigenvalue weighted by Gasteiger charge is 2.20. The Labute approximate surface area is 81.9 Å². The standard InChI is InChI=1S/C10H12FNS/c1-8-12(6-7-13-8)10-4-2-9(11)3-5-10/h2-5,8H,6-7H2,1H3. The summed E-state index contributed by atoms with van der Waals surface area (Å²) in [6.07, 6.45) is 0. The van der Waals surface area contributed by atoms with E-state index in [9.17, 15) is 4.39 Å². The van der Waals surface area contributed by atoms with Crippen molar-refractivity contribution in [1.29, 1.82) is 0 Å². The minimum atomic E-state index is -0.164. The summed E-state index contributed by atoms with van der Waals surface area (Å²) < 4.78 is 12.6. The Hall–Kier alpha value is -0.700. The molecule has 1 heterocycles. The number of halogens is 1. The van der Waals surface area contributed by atoms with Crippen molar-refractivity contribution in [1.82, 2.24) is 0 Å². The average Bonchev–Trinajstić information content (AvgIpc) is 2.53. The molecule has 1 unspecified atom stereocenters. The van der Waals surface area contributed by atoms with Gasteiger partial charge >= 0.3 is 0 Å². The van der Waals surface area contributed by atoms with Crippen molar-refractivity contribution < 1.29 is 4.39 Å². The van der Waals surface area contributed by atoms with Crippen molar-refractivity contribution in [3.63, 3.8) is 0 Å². The molecule has 13 heavy (non-hydrogen) atoms. The third-order valence-electron chi connectivity index (χ3n) is 2.29. The summed E-state index contributed by atoms with van der Waals surface area (Å²) in [6.45, 7) is 3.25. The first-order chi connectivity index (χ1) is 6.27. The van der Waals surface area contributed by atoms with Crippen LogP contribution < -0.4 is 4.90 Å². The van der Waals surface area contributed by atoms with E-state index < -0.39 is 0 Å². The molecule has 1 atom stereocenters. The minimum Gasteiger partial charge on any atom is -0.359 e. The largest absolute Gasteiger partial charge is 0.359 e. The van der Waals surface area contributed by atoms with Crippen LogP contribution in [0.3, 0.4) is 0 Å². The summed E-state index contributed by atoms with van der Waals surface area (Å²) in [4.78, 5) is 2.30. The van der Waals surface area contributed by atoms with Gasteiger partial charge in [-0.05, 0) is 31.2 Å². The fourth-order valence-electron chi connectivity index (χ4n) is 1.56. The van der Waals surface area contributed by atoms with E-state index >= 15 is 0 Å². The third kappa shape index (κ3) is 1.80. The fourth-order valence-corrected chi connectivity index (χ4v) is 2.62. The van der Waals surface area contributed by atoms with Crippen molar-refractivity contribution in [2.75, 3.05) is 17.2 Å². The van der Waals surface area contributed by atoms with Gasteiger partial charge in [-0.1, -0.05) is 0 Å². The van der Waals surface area contributed by atoms with Crippen molar-refractivity contribution in [3.05, 3.63) is 30.1 Å². The summed E-state index contributed by atoms with van der Waals surface area (Å²) in [7, 11) is 0. The molecule has 1 saturated heterocycles. The summed E-state index contributed by atoms with van der Waals surface area (Å²) in [5.41, 5.74) is 1.12. The van der Waals surface area contributed by atoms with Crippen LogP contribution in [0.25, 0.3) is 0 Å². The Kier molecular flexibility index (Phi) is 2.44. The van der Waals surface area contributed by atoms with Gasteiger partial charge in [-0.3, -0.25) is 0 Å². The van der Waals surface area contributed by atoms with E-state index in [-0.39, 0.29) is 5.82 Å². The first-order valence-corrected chi connectivity index (χ1v) is 5.46.